The molecule has 1 N–H and O–H groups in total. The summed E-state index contributed by atoms with van der Waals surface area (Å²) in [5.74, 6) is 0.920. The van der Waals surface area contributed by atoms with Gasteiger partial charge in [-0.15, -0.1) is 0 Å². The third-order valence-electron chi connectivity index (χ3n) is 3.12. The highest BCUT2D eigenvalue weighted by atomic mass is 16.5. The maximum absolute atomic E-state index is 5.39. The number of nitrogens with zero attached hydrogens (tertiary/aromatic N) is 3. The van der Waals surface area contributed by atoms with E-state index in [-0.39, 0.29) is 0 Å². The highest BCUT2D eigenvalue weighted by molar-refractivity contribution is 5.57. The van der Waals surface area contributed by atoms with E-state index >= 15 is 0 Å². The van der Waals surface area contributed by atoms with Gasteiger partial charge in [0.1, 0.15) is 5.69 Å². The molecule has 18 heavy (non-hydrogen) atoms. The summed E-state index contributed by atoms with van der Waals surface area (Å²) in [6.07, 6.45) is 3.53. The van der Waals surface area contributed by atoms with Crippen LogP contribution in [0.3, 0.4) is 0 Å². The van der Waals surface area contributed by atoms with Gasteiger partial charge in [0.25, 0.3) is 0 Å². The molecule has 3 heterocycles. The number of hydrogen-bond acceptors (Lipinski definition) is 5. The summed E-state index contributed by atoms with van der Waals surface area (Å²) >= 11 is 0. The van der Waals surface area contributed by atoms with Crippen molar-refractivity contribution in [2.45, 2.75) is 6.54 Å². The number of nitrogens with one attached hydrogen (secondary N) is 1. The Morgan fingerprint density at radius 1 is 1.22 bits per heavy atom. The van der Waals surface area contributed by atoms with Crippen molar-refractivity contribution in [3.05, 3.63) is 36.4 Å². The van der Waals surface area contributed by atoms with Gasteiger partial charge in [-0.25, -0.2) is 0 Å². The standard InChI is InChI=1S/C13H16N4O/c1-3-14-4-2-11(1)13-9-12(18-16-13)10-17-7-5-15-6-8-17/h1-4,9,15H,5-8,10H2. The SMILES string of the molecule is c1cc(-c2cc(CN3CCNCC3)on2)ccn1. The first-order valence-electron chi connectivity index (χ1n) is 6.21. The number of piperazine rings is 1. The number of pyridine rings is 1. The van der Waals surface area contributed by atoms with E-state index in [0.29, 0.717) is 0 Å². The molecule has 0 aromatic carbocycles. The zero-order valence-corrected chi connectivity index (χ0v) is 10.2. The Hall–Kier alpha value is -1.72. The first-order valence-corrected chi connectivity index (χ1v) is 6.21. The van der Waals surface area contributed by atoms with Crippen LogP contribution in [0.2, 0.25) is 0 Å². The Kier molecular flexibility index (Phi) is 3.34. The second-order valence-corrected chi connectivity index (χ2v) is 4.44. The first-order chi connectivity index (χ1) is 8.92. The lowest BCUT2D eigenvalue weighted by Crippen LogP contribution is -2.42. The maximum atomic E-state index is 5.39. The number of rotatable bonds is 3. The summed E-state index contributed by atoms with van der Waals surface area (Å²) in [5, 5.41) is 7.44. The van der Waals surface area contributed by atoms with Gasteiger partial charge in [-0.3, -0.25) is 9.88 Å². The smallest absolute Gasteiger partial charge is 0.151 e. The molecule has 1 saturated heterocycles. The van der Waals surface area contributed by atoms with Gasteiger partial charge in [-0.05, 0) is 12.1 Å². The van der Waals surface area contributed by atoms with Crippen LogP contribution in [-0.2, 0) is 6.54 Å². The molecule has 0 amide bonds. The van der Waals surface area contributed by atoms with Crippen LogP contribution in [0, 0.1) is 0 Å². The van der Waals surface area contributed by atoms with Crippen molar-refractivity contribution in [1.29, 1.82) is 0 Å². The van der Waals surface area contributed by atoms with E-state index in [1.165, 1.54) is 0 Å². The highest BCUT2D eigenvalue weighted by Crippen LogP contribution is 2.18. The van der Waals surface area contributed by atoms with E-state index in [4.69, 9.17) is 4.52 Å². The van der Waals surface area contributed by atoms with E-state index in [0.717, 1.165) is 49.7 Å². The molecule has 5 nitrogen and oxygen atoms in total. The first kappa shape index (κ1) is 11.4. The molecule has 5 heteroatoms. The van der Waals surface area contributed by atoms with Gasteiger partial charge in [0, 0.05) is 50.2 Å². The van der Waals surface area contributed by atoms with Crippen LogP contribution in [-0.4, -0.2) is 41.2 Å². The molecule has 1 fully saturated rings. The van der Waals surface area contributed by atoms with E-state index in [2.05, 4.69) is 20.4 Å². The second-order valence-electron chi connectivity index (χ2n) is 4.44. The summed E-state index contributed by atoms with van der Waals surface area (Å²) < 4.78 is 5.39. The topological polar surface area (TPSA) is 54.2 Å². The second kappa shape index (κ2) is 5.29. The van der Waals surface area contributed by atoms with Crippen molar-refractivity contribution in [1.82, 2.24) is 20.4 Å². The van der Waals surface area contributed by atoms with Crippen molar-refractivity contribution in [3.63, 3.8) is 0 Å². The van der Waals surface area contributed by atoms with Crippen LogP contribution in [0.25, 0.3) is 11.3 Å². The van der Waals surface area contributed by atoms with Crippen LogP contribution in [0.15, 0.2) is 35.1 Å². The Morgan fingerprint density at radius 2 is 2.00 bits per heavy atom. The minimum Gasteiger partial charge on any atom is -0.359 e. The van der Waals surface area contributed by atoms with E-state index in [1.54, 1.807) is 12.4 Å². The van der Waals surface area contributed by atoms with Gasteiger partial charge < -0.3 is 9.84 Å². The van der Waals surface area contributed by atoms with Gasteiger partial charge in [-0.1, -0.05) is 5.16 Å². The van der Waals surface area contributed by atoms with Crippen molar-refractivity contribution >= 4 is 0 Å². The zero-order valence-electron chi connectivity index (χ0n) is 10.2. The summed E-state index contributed by atoms with van der Waals surface area (Å²) in [4.78, 5) is 6.37. The van der Waals surface area contributed by atoms with Gasteiger partial charge in [0.15, 0.2) is 5.76 Å². The Labute approximate surface area is 106 Å². The average molecular weight is 244 g/mol. The highest BCUT2D eigenvalue weighted by Gasteiger charge is 2.13. The molecule has 2 aromatic rings. The minimum atomic E-state index is 0.833. The van der Waals surface area contributed by atoms with Crippen molar-refractivity contribution in [2.24, 2.45) is 0 Å². The van der Waals surface area contributed by atoms with Gasteiger partial charge in [0.05, 0.1) is 6.54 Å². The van der Waals surface area contributed by atoms with Crippen LogP contribution in [0.4, 0.5) is 0 Å². The molecular formula is C13H16N4O. The average Bonchev–Trinajstić information content (AvgIpc) is 2.89. The van der Waals surface area contributed by atoms with E-state index < -0.39 is 0 Å². The normalized spacial score (nSPS) is 16.9. The Morgan fingerprint density at radius 3 is 2.78 bits per heavy atom. The molecule has 0 bridgehead atoms. The van der Waals surface area contributed by atoms with Crippen LogP contribution >= 0.6 is 0 Å². The fourth-order valence-electron chi connectivity index (χ4n) is 2.14. The molecule has 0 saturated carbocycles. The molecule has 0 radical (unpaired) electrons. The van der Waals surface area contributed by atoms with Crippen molar-refractivity contribution in [2.75, 3.05) is 26.2 Å². The third kappa shape index (κ3) is 2.57. The predicted octanol–water partition coefficient (Wildman–Crippen LogP) is 1.14. The largest absolute Gasteiger partial charge is 0.359 e. The van der Waals surface area contributed by atoms with Crippen LogP contribution < -0.4 is 5.32 Å². The molecular weight excluding hydrogens is 228 g/mol. The molecule has 0 atom stereocenters. The van der Waals surface area contributed by atoms with Crippen molar-refractivity contribution in [3.8, 4) is 11.3 Å². The van der Waals surface area contributed by atoms with Gasteiger partial charge in [0.2, 0.25) is 0 Å². The molecule has 0 aliphatic carbocycles. The summed E-state index contributed by atoms with van der Waals surface area (Å²) in [6.45, 7) is 5.05. The van der Waals surface area contributed by atoms with Crippen LogP contribution in [0.1, 0.15) is 5.76 Å². The fraction of sp³-hybridized carbons (Fsp3) is 0.385. The molecule has 94 valence electrons. The number of hydrogen-bond donors (Lipinski definition) is 1. The molecule has 1 aliphatic rings. The summed E-state index contributed by atoms with van der Waals surface area (Å²) in [7, 11) is 0. The fourth-order valence-corrected chi connectivity index (χ4v) is 2.14. The summed E-state index contributed by atoms with van der Waals surface area (Å²) in [6, 6.07) is 5.89. The lowest BCUT2D eigenvalue weighted by molar-refractivity contribution is 0.207. The lowest BCUT2D eigenvalue weighted by atomic mass is 10.2. The summed E-state index contributed by atoms with van der Waals surface area (Å²) in [5.41, 5.74) is 1.92. The van der Waals surface area contributed by atoms with Gasteiger partial charge >= 0.3 is 0 Å². The van der Waals surface area contributed by atoms with Gasteiger partial charge in [-0.2, -0.15) is 0 Å². The predicted molar refractivity (Wildman–Crippen MR) is 67.9 cm³/mol. The maximum Gasteiger partial charge on any atom is 0.151 e. The van der Waals surface area contributed by atoms with E-state index in [9.17, 15) is 0 Å². The quantitative estimate of drug-likeness (QED) is 0.877. The molecule has 2 aromatic heterocycles. The molecule has 0 unspecified atom stereocenters. The lowest BCUT2D eigenvalue weighted by Gasteiger charge is -2.25. The molecule has 1 aliphatic heterocycles. The van der Waals surface area contributed by atoms with Crippen LogP contribution in [0.5, 0.6) is 0 Å². The Bertz CT molecular complexity index is 491. The van der Waals surface area contributed by atoms with Crippen molar-refractivity contribution < 1.29 is 4.52 Å². The van der Waals surface area contributed by atoms with E-state index in [1.807, 2.05) is 18.2 Å². The minimum absolute atomic E-state index is 0.833. The third-order valence-corrected chi connectivity index (χ3v) is 3.12. The molecule has 0 spiro atoms. The Balaban J connectivity index is 1.69. The monoisotopic (exact) mass is 244 g/mol. The zero-order chi connectivity index (χ0) is 12.2. The number of aromatic nitrogens is 2. The molecule has 3 rings (SSSR count).